The van der Waals surface area contributed by atoms with Crippen molar-refractivity contribution in [2.24, 2.45) is 5.92 Å². The molecule has 0 aromatic heterocycles. The zero-order valence-corrected chi connectivity index (χ0v) is 14.8. The van der Waals surface area contributed by atoms with Gasteiger partial charge in [0.15, 0.2) is 6.29 Å². The lowest BCUT2D eigenvalue weighted by molar-refractivity contribution is -0.217. The first-order chi connectivity index (χ1) is 11.1. The predicted octanol–water partition coefficient (Wildman–Crippen LogP) is 4.79. The number of hydrogen-bond donors (Lipinski definition) is 0. The lowest BCUT2D eigenvalue weighted by Gasteiger charge is -2.22. The van der Waals surface area contributed by atoms with Crippen LogP contribution in [-0.2, 0) is 14.2 Å². The molecular weight excluding hydrogens is 292 g/mol. The molecular formula is C19H30O4. The van der Waals surface area contributed by atoms with Gasteiger partial charge < -0.3 is 14.2 Å². The van der Waals surface area contributed by atoms with Gasteiger partial charge in [0.2, 0.25) is 6.29 Å². The van der Waals surface area contributed by atoms with Gasteiger partial charge in [-0.2, -0.15) is 0 Å². The van der Waals surface area contributed by atoms with Gasteiger partial charge >= 0.3 is 5.97 Å². The third-order valence-corrected chi connectivity index (χ3v) is 3.78. The minimum atomic E-state index is -0.645. The molecule has 1 rings (SSSR count). The Labute approximate surface area is 140 Å². The van der Waals surface area contributed by atoms with Gasteiger partial charge in [-0.05, 0) is 38.3 Å². The van der Waals surface area contributed by atoms with Crippen LogP contribution in [0.5, 0.6) is 0 Å². The summed E-state index contributed by atoms with van der Waals surface area (Å²) >= 11 is 0. The van der Waals surface area contributed by atoms with E-state index < -0.39 is 12.6 Å². The maximum atomic E-state index is 11.9. The van der Waals surface area contributed by atoms with Gasteiger partial charge in [0.05, 0.1) is 12.2 Å². The maximum Gasteiger partial charge on any atom is 0.340 e. The quantitative estimate of drug-likeness (QED) is 0.434. The number of carbonyl (C=O) groups is 1. The summed E-state index contributed by atoms with van der Waals surface area (Å²) in [5, 5.41) is 0. The van der Waals surface area contributed by atoms with Gasteiger partial charge in [-0.3, -0.25) is 0 Å². The number of ether oxygens (including phenoxy) is 3. The van der Waals surface area contributed by atoms with E-state index in [2.05, 4.69) is 13.8 Å². The minimum Gasteiger partial charge on any atom is -0.432 e. The van der Waals surface area contributed by atoms with Crippen molar-refractivity contribution in [3.8, 4) is 0 Å². The lowest BCUT2D eigenvalue weighted by atomic mass is 10.0. The highest BCUT2D eigenvalue weighted by molar-refractivity contribution is 5.89. The van der Waals surface area contributed by atoms with Crippen molar-refractivity contribution in [2.75, 3.05) is 6.61 Å². The highest BCUT2D eigenvalue weighted by Gasteiger charge is 2.16. The summed E-state index contributed by atoms with van der Waals surface area (Å²) < 4.78 is 16.6. The molecule has 0 saturated carbocycles. The van der Waals surface area contributed by atoms with Crippen LogP contribution in [0.25, 0.3) is 0 Å². The van der Waals surface area contributed by atoms with Crippen molar-refractivity contribution in [3.05, 3.63) is 35.9 Å². The number of rotatable bonds is 11. The Bertz CT molecular complexity index is 432. The fraction of sp³-hybridized carbons (Fsp3) is 0.632. The Morgan fingerprint density at radius 3 is 2.39 bits per heavy atom. The molecule has 0 radical (unpaired) electrons. The van der Waals surface area contributed by atoms with E-state index in [4.69, 9.17) is 14.2 Å². The molecule has 0 saturated heterocycles. The summed E-state index contributed by atoms with van der Waals surface area (Å²) in [6.07, 6.45) is 3.67. The highest BCUT2D eigenvalue weighted by atomic mass is 16.8. The number of benzene rings is 1. The second-order valence-corrected chi connectivity index (χ2v) is 5.79. The highest BCUT2D eigenvalue weighted by Crippen LogP contribution is 2.15. The zero-order valence-electron chi connectivity index (χ0n) is 14.8. The number of esters is 1. The molecule has 3 atom stereocenters. The van der Waals surface area contributed by atoms with Crippen LogP contribution in [-0.4, -0.2) is 25.2 Å². The molecule has 0 amide bonds. The van der Waals surface area contributed by atoms with Crippen LogP contribution in [0.4, 0.5) is 0 Å². The molecule has 23 heavy (non-hydrogen) atoms. The van der Waals surface area contributed by atoms with Crippen LogP contribution < -0.4 is 0 Å². The Balaban J connectivity index is 2.30. The average molecular weight is 322 g/mol. The molecule has 1 aromatic rings. The van der Waals surface area contributed by atoms with Crippen molar-refractivity contribution in [2.45, 2.75) is 66.0 Å². The Morgan fingerprint density at radius 2 is 1.78 bits per heavy atom. The Morgan fingerprint density at radius 1 is 1.09 bits per heavy atom. The predicted molar refractivity (Wildman–Crippen MR) is 91.1 cm³/mol. The van der Waals surface area contributed by atoms with Gasteiger partial charge in [0.1, 0.15) is 0 Å². The summed E-state index contributed by atoms with van der Waals surface area (Å²) in [5.74, 6) is 0.169. The van der Waals surface area contributed by atoms with Crippen molar-refractivity contribution >= 4 is 5.97 Å². The van der Waals surface area contributed by atoms with Crippen LogP contribution in [0.15, 0.2) is 30.3 Å². The molecule has 0 aliphatic carbocycles. The Kier molecular flexibility index (Phi) is 9.57. The third-order valence-electron chi connectivity index (χ3n) is 3.78. The van der Waals surface area contributed by atoms with E-state index in [-0.39, 0.29) is 5.97 Å². The van der Waals surface area contributed by atoms with E-state index in [1.807, 2.05) is 13.0 Å². The van der Waals surface area contributed by atoms with Crippen molar-refractivity contribution in [3.63, 3.8) is 0 Å². The molecule has 0 aliphatic rings. The normalized spacial score (nSPS) is 15.0. The van der Waals surface area contributed by atoms with Crippen molar-refractivity contribution < 1.29 is 19.0 Å². The van der Waals surface area contributed by atoms with Crippen LogP contribution in [0.2, 0.25) is 0 Å². The molecule has 1 aromatic carbocycles. The first-order valence-electron chi connectivity index (χ1n) is 8.59. The summed E-state index contributed by atoms with van der Waals surface area (Å²) in [4.78, 5) is 11.9. The first kappa shape index (κ1) is 19.7. The van der Waals surface area contributed by atoms with E-state index >= 15 is 0 Å². The van der Waals surface area contributed by atoms with Gasteiger partial charge in [-0.25, -0.2) is 4.79 Å². The molecule has 0 spiro atoms. The van der Waals surface area contributed by atoms with E-state index in [0.717, 1.165) is 6.42 Å². The molecule has 130 valence electrons. The Hall–Kier alpha value is -1.39. The smallest absolute Gasteiger partial charge is 0.340 e. The molecule has 0 fully saturated rings. The van der Waals surface area contributed by atoms with E-state index in [9.17, 15) is 4.79 Å². The van der Waals surface area contributed by atoms with E-state index in [1.165, 1.54) is 19.3 Å². The van der Waals surface area contributed by atoms with Gasteiger partial charge in [0.25, 0.3) is 0 Å². The van der Waals surface area contributed by atoms with Crippen LogP contribution in [0, 0.1) is 5.92 Å². The summed E-state index contributed by atoms with van der Waals surface area (Å²) in [5.41, 5.74) is 0.516. The molecule has 4 heteroatoms. The zero-order chi connectivity index (χ0) is 17.1. The molecule has 0 aliphatic heterocycles. The molecule has 4 nitrogen and oxygen atoms in total. The summed E-state index contributed by atoms with van der Waals surface area (Å²) in [7, 11) is 0. The van der Waals surface area contributed by atoms with Crippen LogP contribution >= 0.6 is 0 Å². The van der Waals surface area contributed by atoms with Gasteiger partial charge in [0, 0.05) is 0 Å². The first-order valence-corrected chi connectivity index (χ1v) is 8.59. The van der Waals surface area contributed by atoms with Gasteiger partial charge in [-0.1, -0.05) is 51.3 Å². The summed E-state index contributed by atoms with van der Waals surface area (Å²) in [6, 6.07) is 8.89. The number of carbonyl (C=O) groups excluding carboxylic acids is 1. The largest absolute Gasteiger partial charge is 0.432 e. The second kappa shape index (κ2) is 11.2. The minimum absolute atomic E-state index is 0.389. The monoisotopic (exact) mass is 322 g/mol. The van der Waals surface area contributed by atoms with Gasteiger partial charge in [-0.15, -0.1) is 0 Å². The molecule has 0 bridgehead atoms. The number of hydrogen-bond acceptors (Lipinski definition) is 4. The fourth-order valence-electron chi connectivity index (χ4n) is 2.30. The van der Waals surface area contributed by atoms with Crippen LogP contribution in [0.3, 0.4) is 0 Å². The average Bonchev–Trinajstić information content (AvgIpc) is 2.55. The fourth-order valence-corrected chi connectivity index (χ4v) is 2.30. The maximum absolute atomic E-state index is 11.9. The topological polar surface area (TPSA) is 44.8 Å². The van der Waals surface area contributed by atoms with E-state index in [0.29, 0.717) is 18.1 Å². The molecule has 3 unspecified atom stereocenters. The number of unbranched alkanes of at least 4 members (excludes halogenated alkanes) is 1. The standard InChI is InChI=1S/C19H30O4/c1-5-7-11-17(6-2)14-21-15(3)22-16(4)23-19(20)18-12-9-8-10-13-18/h8-10,12-13,15-17H,5-7,11,14H2,1-4H3. The molecule has 0 N–H and O–H groups in total. The summed E-state index contributed by atoms with van der Waals surface area (Å²) in [6.45, 7) is 8.59. The van der Waals surface area contributed by atoms with E-state index in [1.54, 1.807) is 31.2 Å². The lowest BCUT2D eigenvalue weighted by Crippen LogP contribution is -2.26. The van der Waals surface area contributed by atoms with Crippen molar-refractivity contribution in [1.82, 2.24) is 0 Å². The SMILES string of the molecule is CCCCC(CC)COC(C)OC(C)OC(=O)c1ccccc1. The third kappa shape index (κ3) is 8.14. The van der Waals surface area contributed by atoms with Crippen LogP contribution in [0.1, 0.15) is 63.7 Å². The van der Waals surface area contributed by atoms with Crippen molar-refractivity contribution in [1.29, 1.82) is 0 Å². The molecule has 0 heterocycles. The second-order valence-electron chi connectivity index (χ2n) is 5.79.